The topological polar surface area (TPSA) is 98.7 Å². The third-order valence-corrected chi connectivity index (χ3v) is 5.69. The van der Waals surface area contributed by atoms with Crippen molar-refractivity contribution in [1.29, 1.82) is 0 Å². The van der Waals surface area contributed by atoms with Crippen LogP contribution in [0.5, 0.6) is 0 Å². The summed E-state index contributed by atoms with van der Waals surface area (Å²) in [5.41, 5.74) is 7.37. The number of hydrogen-bond donors (Lipinski definition) is 2. The van der Waals surface area contributed by atoms with Gasteiger partial charge in [0.15, 0.2) is 5.69 Å². The average molecular weight is 348 g/mol. The predicted octanol–water partition coefficient (Wildman–Crippen LogP) is 1.77. The molecule has 1 saturated carbocycles. The lowest BCUT2D eigenvalue weighted by Gasteiger charge is -2.25. The molecule has 0 saturated heterocycles. The van der Waals surface area contributed by atoms with Crippen molar-refractivity contribution >= 4 is 17.2 Å². The van der Waals surface area contributed by atoms with Crippen LogP contribution >= 0.6 is 11.3 Å². The lowest BCUT2D eigenvalue weighted by Crippen LogP contribution is -2.28. The summed E-state index contributed by atoms with van der Waals surface area (Å²) >= 11 is 1.68. The number of thiazole rings is 1. The molecule has 0 aromatic carbocycles. The number of carbonyl (C=O) groups is 1. The van der Waals surface area contributed by atoms with Gasteiger partial charge in [-0.25, -0.2) is 9.67 Å². The third-order valence-electron chi connectivity index (χ3n) is 4.56. The highest BCUT2D eigenvalue weighted by Gasteiger charge is 2.22. The third kappa shape index (κ3) is 3.99. The van der Waals surface area contributed by atoms with Gasteiger partial charge >= 0.3 is 0 Å². The zero-order valence-electron chi connectivity index (χ0n) is 14.2. The van der Waals surface area contributed by atoms with Crippen molar-refractivity contribution < 1.29 is 4.79 Å². The van der Waals surface area contributed by atoms with E-state index in [2.05, 4.69) is 27.5 Å². The van der Waals surface area contributed by atoms with Gasteiger partial charge in [-0.05, 0) is 39.5 Å². The number of carbonyl (C=O) groups excluding carboxylic acids is 1. The molecule has 24 heavy (non-hydrogen) atoms. The summed E-state index contributed by atoms with van der Waals surface area (Å²) in [6, 6.07) is 0.603. The van der Waals surface area contributed by atoms with E-state index in [0.29, 0.717) is 24.3 Å². The van der Waals surface area contributed by atoms with E-state index in [-0.39, 0.29) is 5.91 Å². The van der Waals surface area contributed by atoms with Gasteiger partial charge in [0.2, 0.25) is 0 Å². The fraction of sp³-hybridized carbons (Fsp3) is 0.625. The molecule has 2 aromatic heterocycles. The molecule has 0 aliphatic heterocycles. The van der Waals surface area contributed by atoms with Gasteiger partial charge in [0.25, 0.3) is 5.91 Å². The van der Waals surface area contributed by atoms with Gasteiger partial charge in [0.05, 0.1) is 22.9 Å². The molecule has 3 rings (SSSR count). The molecular formula is C16H24N6OS. The largest absolute Gasteiger partial charge is 0.350 e. The maximum absolute atomic E-state index is 12.2. The van der Waals surface area contributed by atoms with Crippen molar-refractivity contribution in [3.05, 3.63) is 27.5 Å². The molecule has 0 atom stereocenters. The van der Waals surface area contributed by atoms with Gasteiger partial charge < -0.3 is 11.1 Å². The van der Waals surface area contributed by atoms with Crippen LogP contribution in [0.25, 0.3) is 0 Å². The van der Waals surface area contributed by atoms with E-state index in [1.807, 2.05) is 11.6 Å². The van der Waals surface area contributed by atoms with Crippen LogP contribution in [0.1, 0.15) is 57.8 Å². The van der Waals surface area contributed by atoms with Gasteiger partial charge in [-0.15, -0.1) is 16.4 Å². The van der Waals surface area contributed by atoms with E-state index in [0.717, 1.165) is 42.8 Å². The molecule has 7 nitrogen and oxygen atoms in total. The molecule has 1 amide bonds. The first-order valence-corrected chi connectivity index (χ1v) is 9.23. The molecule has 1 fully saturated rings. The Morgan fingerprint density at radius 3 is 2.79 bits per heavy atom. The van der Waals surface area contributed by atoms with Crippen LogP contribution < -0.4 is 11.1 Å². The minimum Gasteiger partial charge on any atom is -0.350 e. The van der Waals surface area contributed by atoms with Crippen LogP contribution in [0, 0.1) is 13.8 Å². The summed E-state index contributed by atoms with van der Waals surface area (Å²) < 4.78 is 1.81. The SMILES string of the molecule is Cc1nc(CCNC(=O)c2cn(C3CCC(N)CC3)nn2)sc1C. The Kier molecular flexibility index (Phi) is 5.25. The summed E-state index contributed by atoms with van der Waals surface area (Å²) in [6.45, 7) is 4.62. The molecule has 0 bridgehead atoms. The summed E-state index contributed by atoms with van der Waals surface area (Å²) in [7, 11) is 0. The number of rotatable bonds is 5. The maximum atomic E-state index is 12.2. The molecule has 1 aliphatic rings. The maximum Gasteiger partial charge on any atom is 0.273 e. The quantitative estimate of drug-likeness (QED) is 0.858. The molecule has 0 radical (unpaired) electrons. The molecule has 2 aromatic rings. The summed E-state index contributed by atoms with van der Waals surface area (Å²) in [5.74, 6) is -0.182. The van der Waals surface area contributed by atoms with Gasteiger partial charge in [0, 0.05) is 23.9 Å². The molecule has 0 spiro atoms. The average Bonchev–Trinajstić information content (AvgIpc) is 3.16. The van der Waals surface area contributed by atoms with Crippen LogP contribution in [-0.4, -0.2) is 38.5 Å². The second kappa shape index (κ2) is 7.40. The smallest absolute Gasteiger partial charge is 0.273 e. The zero-order valence-corrected chi connectivity index (χ0v) is 15.0. The highest BCUT2D eigenvalue weighted by atomic mass is 32.1. The van der Waals surface area contributed by atoms with Crippen molar-refractivity contribution in [2.75, 3.05) is 6.54 Å². The fourth-order valence-electron chi connectivity index (χ4n) is 2.94. The van der Waals surface area contributed by atoms with E-state index in [9.17, 15) is 4.79 Å². The number of aryl methyl sites for hydroxylation is 2. The molecule has 3 N–H and O–H groups in total. The molecule has 130 valence electrons. The predicted molar refractivity (Wildman–Crippen MR) is 93.1 cm³/mol. The van der Waals surface area contributed by atoms with E-state index in [4.69, 9.17) is 5.73 Å². The Morgan fingerprint density at radius 2 is 2.12 bits per heavy atom. The normalized spacial score (nSPS) is 21.0. The number of hydrogen-bond acceptors (Lipinski definition) is 6. The Labute approximate surface area is 145 Å². The lowest BCUT2D eigenvalue weighted by atomic mass is 9.92. The highest BCUT2D eigenvalue weighted by molar-refractivity contribution is 7.11. The van der Waals surface area contributed by atoms with Crippen molar-refractivity contribution in [2.45, 2.75) is 58.0 Å². The lowest BCUT2D eigenvalue weighted by molar-refractivity contribution is 0.0949. The number of nitrogens with zero attached hydrogens (tertiary/aromatic N) is 4. The van der Waals surface area contributed by atoms with E-state index < -0.39 is 0 Å². The Balaban J connectivity index is 1.50. The van der Waals surface area contributed by atoms with E-state index >= 15 is 0 Å². The summed E-state index contributed by atoms with van der Waals surface area (Å²) in [4.78, 5) is 17.9. The minimum atomic E-state index is -0.182. The van der Waals surface area contributed by atoms with Crippen LogP contribution in [-0.2, 0) is 6.42 Å². The molecular weight excluding hydrogens is 324 g/mol. The van der Waals surface area contributed by atoms with Gasteiger partial charge in [-0.2, -0.15) is 0 Å². The Bertz CT molecular complexity index is 682. The monoisotopic (exact) mass is 348 g/mol. The van der Waals surface area contributed by atoms with Crippen molar-refractivity contribution in [1.82, 2.24) is 25.3 Å². The number of nitrogens with two attached hydrogens (primary N) is 1. The Morgan fingerprint density at radius 1 is 1.38 bits per heavy atom. The number of amides is 1. The Hall–Kier alpha value is -1.80. The second-order valence-corrected chi connectivity index (χ2v) is 7.70. The van der Waals surface area contributed by atoms with E-state index in [1.165, 1.54) is 4.88 Å². The first-order chi connectivity index (χ1) is 11.5. The van der Waals surface area contributed by atoms with Crippen LogP contribution in [0.4, 0.5) is 0 Å². The minimum absolute atomic E-state index is 0.182. The van der Waals surface area contributed by atoms with Gasteiger partial charge in [0.1, 0.15) is 0 Å². The van der Waals surface area contributed by atoms with Crippen LogP contribution in [0.3, 0.4) is 0 Å². The highest BCUT2D eigenvalue weighted by Crippen LogP contribution is 2.26. The van der Waals surface area contributed by atoms with E-state index in [1.54, 1.807) is 17.5 Å². The number of aromatic nitrogens is 4. The zero-order chi connectivity index (χ0) is 17.1. The molecule has 8 heteroatoms. The van der Waals surface area contributed by atoms with Crippen LogP contribution in [0.15, 0.2) is 6.20 Å². The van der Waals surface area contributed by atoms with Crippen molar-refractivity contribution in [3.63, 3.8) is 0 Å². The standard InChI is InChI=1S/C16H24N6OS/c1-10-11(2)24-15(19-10)7-8-18-16(23)14-9-22(21-20-14)13-5-3-12(17)4-6-13/h9,12-13H,3-8,17H2,1-2H3,(H,18,23). The molecule has 1 aliphatic carbocycles. The molecule has 2 heterocycles. The second-order valence-electron chi connectivity index (χ2n) is 6.41. The van der Waals surface area contributed by atoms with Gasteiger partial charge in [-0.1, -0.05) is 5.21 Å². The number of nitrogens with one attached hydrogen (secondary N) is 1. The summed E-state index contributed by atoms with van der Waals surface area (Å²) in [6.07, 6.45) is 6.47. The fourth-order valence-corrected chi connectivity index (χ4v) is 3.88. The van der Waals surface area contributed by atoms with Crippen molar-refractivity contribution in [2.24, 2.45) is 5.73 Å². The first kappa shape index (κ1) is 17.0. The van der Waals surface area contributed by atoms with Crippen molar-refractivity contribution in [3.8, 4) is 0 Å². The first-order valence-electron chi connectivity index (χ1n) is 8.41. The van der Waals surface area contributed by atoms with Crippen LogP contribution in [0.2, 0.25) is 0 Å². The van der Waals surface area contributed by atoms with Gasteiger partial charge in [-0.3, -0.25) is 4.79 Å². The molecule has 0 unspecified atom stereocenters. The summed E-state index contributed by atoms with van der Waals surface area (Å²) in [5, 5.41) is 12.1.